The van der Waals surface area contributed by atoms with Gasteiger partial charge in [-0.3, -0.25) is 9.59 Å². The number of sulfonamides is 1. The molecule has 0 aliphatic heterocycles. The van der Waals surface area contributed by atoms with Crippen molar-refractivity contribution >= 4 is 21.9 Å². The zero-order valence-corrected chi connectivity index (χ0v) is 12.7. The molecule has 1 fully saturated rings. The van der Waals surface area contributed by atoms with Crippen molar-refractivity contribution in [1.82, 2.24) is 10.0 Å². The number of carboxylic acid groups (broad SMARTS) is 1. The van der Waals surface area contributed by atoms with Crippen LogP contribution >= 0.6 is 0 Å². The van der Waals surface area contributed by atoms with Crippen LogP contribution in [-0.2, 0) is 14.8 Å². The summed E-state index contributed by atoms with van der Waals surface area (Å²) in [4.78, 5) is 22.4. The molecule has 0 bridgehead atoms. The molecular weight excluding hydrogens is 308 g/mol. The molecule has 2 rings (SSSR count). The second kappa shape index (κ2) is 6.89. The fourth-order valence-corrected chi connectivity index (χ4v) is 3.19. The minimum absolute atomic E-state index is 0.00139. The first-order valence-corrected chi connectivity index (χ1v) is 8.49. The molecule has 3 N–H and O–H groups in total. The Labute approximate surface area is 128 Å². The lowest BCUT2D eigenvalue weighted by Crippen LogP contribution is -2.27. The summed E-state index contributed by atoms with van der Waals surface area (Å²) >= 11 is 0. The number of hydrogen-bond donors (Lipinski definition) is 3. The molecule has 0 saturated heterocycles. The van der Waals surface area contributed by atoms with E-state index >= 15 is 0 Å². The van der Waals surface area contributed by atoms with Crippen molar-refractivity contribution in [2.45, 2.75) is 36.6 Å². The van der Waals surface area contributed by atoms with Gasteiger partial charge in [0.25, 0.3) is 5.91 Å². The number of carbonyl (C=O) groups excluding carboxylic acids is 1. The van der Waals surface area contributed by atoms with Gasteiger partial charge in [0.1, 0.15) is 0 Å². The van der Waals surface area contributed by atoms with Gasteiger partial charge in [-0.25, -0.2) is 13.1 Å². The minimum atomic E-state index is -3.60. The van der Waals surface area contributed by atoms with Crippen LogP contribution in [0.5, 0.6) is 0 Å². The van der Waals surface area contributed by atoms with Gasteiger partial charge in [0.2, 0.25) is 10.0 Å². The third-order valence-corrected chi connectivity index (χ3v) is 4.68. The molecule has 0 radical (unpaired) electrons. The molecule has 22 heavy (non-hydrogen) atoms. The largest absolute Gasteiger partial charge is 0.481 e. The predicted molar refractivity (Wildman–Crippen MR) is 79.0 cm³/mol. The molecule has 0 heterocycles. The smallest absolute Gasteiger partial charge is 0.303 e. The first-order valence-electron chi connectivity index (χ1n) is 7.01. The van der Waals surface area contributed by atoms with E-state index in [1.807, 2.05) is 0 Å². The number of nitrogens with one attached hydrogen (secondary N) is 2. The van der Waals surface area contributed by atoms with Crippen molar-refractivity contribution in [3.63, 3.8) is 0 Å². The number of aliphatic carboxylic acids is 1. The maximum atomic E-state index is 12.1. The summed E-state index contributed by atoms with van der Waals surface area (Å²) in [5.41, 5.74) is 0.231. The molecule has 0 unspecified atom stereocenters. The number of carboxylic acids is 1. The summed E-state index contributed by atoms with van der Waals surface area (Å²) < 4.78 is 26.7. The standard InChI is InChI=1S/C14H18N2O5S/c17-13(18)5-2-8-15-14(19)10-3-1-4-12(9-10)22(20,21)16-11-6-7-11/h1,3-4,9,11,16H,2,5-8H2,(H,15,19)(H,17,18). The number of benzene rings is 1. The molecule has 1 aromatic carbocycles. The first-order chi connectivity index (χ1) is 10.4. The van der Waals surface area contributed by atoms with Gasteiger partial charge in [-0.15, -0.1) is 0 Å². The summed E-state index contributed by atoms with van der Waals surface area (Å²) in [6.07, 6.45) is 1.97. The number of carbonyl (C=O) groups is 2. The van der Waals surface area contributed by atoms with E-state index in [0.717, 1.165) is 12.8 Å². The van der Waals surface area contributed by atoms with Gasteiger partial charge in [-0.1, -0.05) is 6.07 Å². The van der Waals surface area contributed by atoms with Crippen molar-refractivity contribution in [2.75, 3.05) is 6.54 Å². The van der Waals surface area contributed by atoms with Crippen molar-refractivity contribution < 1.29 is 23.1 Å². The van der Waals surface area contributed by atoms with Gasteiger partial charge < -0.3 is 10.4 Å². The third-order valence-electron chi connectivity index (χ3n) is 3.16. The van der Waals surface area contributed by atoms with Crippen molar-refractivity contribution in [1.29, 1.82) is 0 Å². The van der Waals surface area contributed by atoms with E-state index in [9.17, 15) is 18.0 Å². The van der Waals surface area contributed by atoms with Crippen LogP contribution in [0.15, 0.2) is 29.2 Å². The van der Waals surface area contributed by atoms with Crippen LogP contribution in [-0.4, -0.2) is 38.0 Å². The molecule has 1 aliphatic rings. The molecule has 1 aliphatic carbocycles. The molecule has 1 aromatic rings. The van der Waals surface area contributed by atoms with Crippen LogP contribution < -0.4 is 10.0 Å². The lowest BCUT2D eigenvalue weighted by molar-refractivity contribution is -0.137. The molecule has 120 valence electrons. The van der Waals surface area contributed by atoms with Gasteiger partial charge in [-0.05, 0) is 37.5 Å². The fraction of sp³-hybridized carbons (Fsp3) is 0.429. The summed E-state index contributed by atoms with van der Waals surface area (Å²) in [5, 5.41) is 11.1. The predicted octanol–water partition coefficient (Wildman–Crippen LogP) is 0.722. The SMILES string of the molecule is O=C(O)CCCNC(=O)c1cccc(S(=O)(=O)NC2CC2)c1. The molecule has 1 amide bonds. The maximum Gasteiger partial charge on any atom is 0.303 e. The quantitative estimate of drug-likeness (QED) is 0.609. The van der Waals surface area contributed by atoms with E-state index in [1.54, 1.807) is 0 Å². The zero-order valence-electron chi connectivity index (χ0n) is 11.9. The third kappa shape index (κ3) is 4.81. The normalized spacial score (nSPS) is 14.5. The highest BCUT2D eigenvalue weighted by atomic mass is 32.2. The summed E-state index contributed by atoms with van der Waals surface area (Å²) in [6.45, 7) is 0.225. The molecule has 0 aromatic heterocycles. The van der Waals surface area contributed by atoms with E-state index in [4.69, 9.17) is 5.11 Å². The van der Waals surface area contributed by atoms with Gasteiger partial charge in [0, 0.05) is 24.6 Å². The highest BCUT2D eigenvalue weighted by molar-refractivity contribution is 7.89. The van der Waals surface area contributed by atoms with E-state index in [-0.39, 0.29) is 29.5 Å². The van der Waals surface area contributed by atoms with Gasteiger partial charge >= 0.3 is 5.97 Å². The van der Waals surface area contributed by atoms with E-state index in [2.05, 4.69) is 10.0 Å². The number of hydrogen-bond acceptors (Lipinski definition) is 4. The van der Waals surface area contributed by atoms with Gasteiger partial charge in [0.05, 0.1) is 4.90 Å². The highest BCUT2D eigenvalue weighted by Gasteiger charge is 2.28. The Kier molecular flexibility index (Phi) is 5.15. The Morgan fingerprint density at radius 3 is 2.64 bits per heavy atom. The number of amides is 1. The highest BCUT2D eigenvalue weighted by Crippen LogP contribution is 2.22. The first kappa shape index (κ1) is 16.4. The van der Waals surface area contributed by atoms with Crippen LogP contribution in [0.25, 0.3) is 0 Å². The maximum absolute atomic E-state index is 12.1. The van der Waals surface area contributed by atoms with E-state index in [0.29, 0.717) is 6.42 Å². The summed E-state index contributed by atoms with van der Waals surface area (Å²) in [7, 11) is -3.60. The van der Waals surface area contributed by atoms with E-state index in [1.165, 1.54) is 24.3 Å². The monoisotopic (exact) mass is 326 g/mol. The van der Waals surface area contributed by atoms with Crippen LogP contribution in [0, 0.1) is 0 Å². The molecule has 0 atom stereocenters. The topological polar surface area (TPSA) is 113 Å². The second-order valence-electron chi connectivity index (χ2n) is 5.18. The van der Waals surface area contributed by atoms with Gasteiger partial charge in [-0.2, -0.15) is 0 Å². The molecule has 7 nitrogen and oxygen atoms in total. The molecule has 0 spiro atoms. The average Bonchev–Trinajstić information content (AvgIpc) is 3.26. The fourth-order valence-electron chi connectivity index (χ4n) is 1.84. The minimum Gasteiger partial charge on any atom is -0.481 e. The average molecular weight is 326 g/mol. The summed E-state index contributed by atoms with van der Waals surface area (Å²) in [6, 6.07) is 5.78. The molecule has 1 saturated carbocycles. The van der Waals surface area contributed by atoms with E-state index < -0.39 is 21.9 Å². The second-order valence-corrected chi connectivity index (χ2v) is 6.89. The van der Waals surface area contributed by atoms with Crippen LogP contribution in [0.2, 0.25) is 0 Å². The Morgan fingerprint density at radius 1 is 1.27 bits per heavy atom. The Morgan fingerprint density at radius 2 is 2.00 bits per heavy atom. The lowest BCUT2D eigenvalue weighted by Gasteiger charge is -2.08. The Bertz CT molecular complexity index is 668. The molecule has 8 heteroatoms. The van der Waals surface area contributed by atoms with Crippen LogP contribution in [0.1, 0.15) is 36.0 Å². The zero-order chi connectivity index (χ0) is 16.2. The molecular formula is C14H18N2O5S. The van der Waals surface area contributed by atoms with Crippen LogP contribution in [0.4, 0.5) is 0 Å². The van der Waals surface area contributed by atoms with Crippen molar-refractivity contribution in [3.05, 3.63) is 29.8 Å². The van der Waals surface area contributed by atoms with Crippen molar-refractivity contribution in [3.8, 4) is 0 Å². The Balaban J connectivity index is 1.98. The number of rotatable bonds is 8. The summed E-state index contributed by atoms with van der Waals surface area (Å²) in [5.74, 6) is -1.35. The van der Waals surface area contributed by atoms with Gasteiger partial charge in [0.15, 0.2) is 0 Å². The van der Waals surface area contributed by atoms with Crippen LogP contribution in [0.3, 0.4) is 0 Å². The Hall–Kier alpha value is -1.93. The lowest BCUT2D eigenvalue weighted by atomic mass is 10.2. The van der Waals surface area contributed by atoms with Crippen molar-refractivity contribution in [2.24, 2.45) is 0 Å².